The van der Waals surface area contributed by atoms with Crippen LogP contribution in [0.25, 0.3) is 33.7 Å². The number of carbonyl (C=O) groups excluding carboxylic acids is 1. The third-order valence-electron chi connectivity index (χ3n) is 12.3. The number of aliphatic hydroxyl groups excluding tert-OH is 1. The zero-order valence-corrected chi connectivity index (χ0v) is 39.9. The molecule has 1 aliphatic rings. The van der Waals surface area contributed by atoms with E-state index in [0.29, 0.717) is 16.7 Å². The first-order valence-corrected chi connectivity index (χ1v) is 25.4. The fourth-order valence-electron chi connectivity index (χ4n) is 8.45. The number of carbonyl (C=O) groups is 1. The Hall–Kier alpha value is -6.64. The smallest absolute Gasteiger partial charge is 0.256 e. The van der Waals surface area contributed by atoms with Crippen LogP contribution in [0.3, 0.4) is 0 Å². The lowest BCUT2D eigenvalue weighted by molar-refractivity contribution is -0.268. The minimum absolute atomic E-state index is 0.0519. The molecule has 1 amide bonds. The van der Waals surface area contributed by atoms with Gasteiger partial charge < -0.3 is 24.3 Å². The van der Waals surface area contributed by atoms with E-state index < -0.39 is 28.3 Å². The van der Waals surface area contributed by atoms with Crippen LogP contribution >= 0.6 is 11.8 Å². The van der Waals surface area contributed by atoms with Crippen molar-refractivity contribution in [3.8, 4) is 33.7 Å². The van der Waals surface area contributed by atoms with Crippen LogP contribution in [-0.2, 0) is 43.9 Å². The Kier molecular flexibility index (Phi) is 15.0. The molecule has 1 fully saturated rings. The maximum Gasteiger partial charge on any atom is 0.256 e. The quantitative estimate of drug-likeness (QED) is 0.0761. The van der Waals surface area contributed by atoms with Crippen LogP contribution in [-0.4, -0.2) is 42.3 Å². The molecule has 0 bridgehead atoms. The van der Waals surface area contributed by atoms with Gasteiger partial charge in [0.25, 0.3) is 5.22 Å². The second-order valence-corrected chi connectivity index (χ2v) is 19.9. The number of ether oxygens (including phenoxy) is 2. The van der Waals surface area contributed by atoms with E-state index in [1.165, 1.54) is 11.8 Å². The Bertz CT molecular complexity index is 3020. The summed E-state index contributed by atoms with van der Waals surface area (Å²) < 4.78 is 49.8. The minimum Gasteiger partial charge on any atom is -0.431 e. The third-order valence-corrected chi connectivity index (χ3v) is 14.7. The Morgan fingerprint density at radius 1 is 0.681 bits per heavy atom. The summed E-state index contributed by atoms with van der Waals surface area (Å²) in [4.78, 5) is 18.9. The summed E-state index contributed by atoms with van der Waals surface area (Å²) in [6.07, 6.45) is -1.14. The second-order valence-electron chi connectivity index (χ2n) is 17.2. The molecule has 1 saturated heterocycles. The highest BCUT2D eigenvalue weighted by Gasteiger charge is 2.39. The van der Waals surface area contributed by atoms with E-state index in [1.807, 2.05) is 165 Å². The van der Waals surface area contributed by atoms with Crippen LogP contribution < -0.4 is 10.0 Å². The van der Waals surface area contributed by atoms with Crippen molar-refractivity contribution in [3.05, 3.63) is 221 Å². The molecule has 0 saturated carbocycles. The monoisotopic (exact) mass is 955 g/mol. The molecule has 0 aliphatic carbocycles. The fourth-order valence-corrected chi connectivity index (χ4v) is 10.6. The molecule has 9 rings (SSSR count). The number of rotatable bonds is 17. The second kappa shape index (κ2) is 21.8. The van der Waals surface area contributed by atoms with Gasteiger partial charge in [-0.25, -0.2) is 13.4 Å². The van der Waals surface area contributed by atoms with Gasteiger partial charge in [-0.15, -0.1) is 0 Å². The zero-order chi connectivity index (χ0) is 47.7. The van der Waals surface area contributed by atoms with E-state index in [0.717, 1.165) is 61.3 Å². The molecule has 69 heavy (non-hydrogen) atoms. The normalized spacial score (nSPS) is 17.6. The molecule has 0 unspecified atom stereocenters. The summed E-state index contributed by atoms with van der Waals surface area (Å²) in [6.45, 7) is 4.15. The fraction of sp³-hybridized carbons (Fsp3) is 0.193. The number of benzene rings is 7. The van der Waals surface area contributed by atoms with Crippen molar-refractivity contribution in [2.75, 3.05) is 5.75 Å². The zero-order valence-electron chi connectivity index (χ0n) is 38.3. The van der Waals surface area contributed by atoms with Gasteiger partial charge in [0.1, 0.15) is 11.7 Å². The highest BCUT2D eigenvalue weighted by Crippen LogP contribution is 2.44. The van der Waals surface area contributed by atoms with E-state index in [2.05, 4.69) is 23.0 Å². The number of oxazole rings is 1. The van der Waals surface area contributed by atoms with Crippen LogP contribution in [0.2, 0.25) is 0 Å². The van der Waals surface area contributed by atoms with Gasteiger partial charge in [-0.3, -0.25) is 4.79 Å². The summed E-state index contributed by atoms with van der Waals surface area (Å²) in [5.74, 6) is 0.752. The maximum absolute atomic E-state index is 13.8. The first-order chi connectivity index (χ1) is 33.6. The molecule has 8 aromatic rings. The minimum atomic E-state index is -3.99. The first kappa shape index (κ1) is 47.4. The summed E-state index contributed by atoms with van der Waals surface area (Å²) in [5, 5.41) is 13.3. The SMILES string of the molecule is Cc1ccc(S(=O)(=O)N[C@H](Cc2ccccc2)C(=O)NCc2cccc(-c3cccc([C@@H]4O[C@H](CSc5nc(-c6ccccc6)c(-c6ccccc6)o5)[C@H](C)[C@H](c5ccc(CO)cc5)O4)c3)c2)cc1. The molecule has 3 N–H and O–H groups in total. The van der Waals surface area contributed by atoms with Crippen molar-refractivity contribution in [1.29, 1.82) is 0 Å². The van der Waals surface area contributed by atoms with Gasteiger partial charge in [-0.1, -0.05) is 188 Å². The Balaban J connectivity index is 0.935. The van der Waals surface area contributed by atoms with Gasteiger partial charge in [0.15, 0.2) is 12.1 Å². The molecule has 7 aromatic carbocycles. The lowest BCUT2D eigenvalue weighted by Crippen LogP contribution is -2.47. The largest absolute Gasteiger partial charge is 0.431 e. The Morgan fingerprint density at radius 3 is 2.00 bits per heavy atom. The molecule has 10 nitrogen and oxygen atoms in total. The van der Waals surface area contributed by atoms with Crippen LogP contribution in [0.4, 0.5) is 0 Å². The number of sulfonamides is 1. The van der Waals surface area contributed by atoms with Crippen molar-refractivity contribution in [2.45, 2.75) is 68.1 Å². The van der Waals surface area contributed by atoms with Crippen molar-refractivity contribution >= 4 is 27.7 Å². The number of hydrogen-bond acceptors (Lipinski definition) is 9. The number of aromatic nitrogens is 1. The number of thioether (sulfide) groups is 1. The lowest BCUT2D eigenvalue weighted by atomic mass is 9.91. The molecule has 0 spiro atoms. The summed E-state index contributed by atoms with van der Waals surface area (Å²) >= 11 is 1.51. The predicted molar refractivity (Wildman–Crippen MR) is 270 cm³/mol. The lowest BCUT2D eigenvalue weighted by Gasteiger charge is -2.41. The van der Waals surface area contributed by atoms with Crippen LogP contribution in [0, 0.1) is 12.8 Å². The predicted octanol–water partition coefficient (Wildman–Crippen LogP) is 11.3. The van der Waals surface area contributed by atoms with Crippen LogP contribution in [0.5, 0.6) is 0 Å². The molecule has 0 radical (unpaired) electrons. The third kappa shape index (κ3) is 11.6. The van der Waals surface area contributed by atoms with E-state index in [1.54, 1.807) is 24.3 Å². The summed E-state index contributed by atoms with van der Waals surface area (Å²) in [5.41, 5.74) is 9.77. The van der Waals surface area contributed by atoms with E-state index >= 15 is 0 Å². The molecule has 2 heterocycles. The average Bonchev–Trinajstić information content (AvgIpc) is 3.83. The number of aryl methyl sites for hydroxylation is 1. The van der Waals surface area contributed by atoms with Crippen molar-refractivity contribution in [1.82, 2.24) is 15.0 Å². The van der Waals surface area contributed by atoms with Gasteiger partial charge in [-0.2, -0.15) is 4.72 Å². The molecule has 12 heteroatoms. The van der Waals surface area contributed by atoms with Crippen molar-refractivity contribution in [2.24, 2.45) is 5.92 Å². The Morgan fingerprint density at radius 2 is 1.30 bits per heavy atom. The summed E-state index contributed by atoms with van der Waals surface area (Å²) in [7, 11) is -3.99. The van der Waals surface area contributed by atoms with Crippen molar-refractivity contribution < 1.29 is 32.2 Å². The van der Waals surface area contributed by atoms with E-state index in [4.69, 9.17) is 18.9 Å². The van der Waals surface area contributed by atoms with Crippen molar-refractivity contribution in [3.63, 3.8) is 0 Å². The molecular weight excluding hydrogens is 903 g/mol. The number of nitrogens with zero attached hydrogens (tertiary/aromatic N) is 1. The molecule has 5 atom stereocenters. The maximum atomic E-state index is 13.8. The standard InChI is InChI=1S/C57H53N3O7S2/c1-38-24-30-49(31-25-38)69(63,64)60-50(33-40-14-6-3-7-15-40)55(62)58-35-42-16-12-21-46(32-42)47-22-13-23-48(34-47)56-65-51(39(2)53(66-56)45-28-26-41(36-61)27-29-45)37-68-57-59-52(43-17-8-4-9-18-43)54(67-57)44-19-10-5-11-20-44/h3-32,34,39,50-51,53,56,60-61H,33,35-37H2,1-2H3,(H,58,62)/t39-,50+,51+,53+,56+/m0/s1. The molecule has 1 aromatic heterocycles. The van der Waals surface area contributed by atoms with Gasteiger partial charge in [0.2, 0.25) is 15.9 Å². The number of amides is 1. The van der Waals surface area contributed by atoms with Gasteiger partial charge in [0, 0.05) is 34.9 Å². The van der Waals surface area contributed by atoms with E-state index in [-0.39, 0.29) is 42.6 Å². The molecular formula is C57H53N3O7S2. The topological polar surface area (TPSA) is 140 Å². The number of nitrogens with one attached hydrogen (secondary N) is 2. The van der Waals surface area contributed by atoms with Gasteiger partial charge in [-0.05, 0) is 71.0 Å². The van der Waals surface area contributed by atoms with Crippen LogP contribution in [0.1, 0.15) is 52.7 Å². The number of hydrogen-bond donors (Lipinski definition) is 3. The van der Waals surface area contributed by atoms with Gasteiger partial charge >= 0.3 is 0 Å². The highest BCUT2D eigenvalue weighted by molar-refractivity contribution is 7.99. The highest BCUT2D eigenvalue weighted by atomic mass is 32.2. The first-order valence-electron chi connectivity index (χ1n) is 22.9. The molecule has 350 valence electrons. The molecule has 1 aliphatic heterocycles. The summed E-state index contributed by atoms with van der Waals surface area (Å²) in [6, 6.07) is 58.7. The Labute approximate surface area is 407 Å². The number of aliphatic hydroxyl groups is 1. The average molecular weight is 956 g/mol. The van der Waals surface area contributed by atoms with Gasteiger partial charge in [0.05, 0.1) is 23.7 Å². The van der Waals surface area contributed by atoms with Crippen LogP contribution in [0.15, 0.2) is 203 Å². The van der Waals surface area contributed by atoms with E-state index in [9.17, 15) is 18.3 Å².